The van der Waals surface area contributed by atoms with E-state index in [1.54, 1.807) is 26.2 Å². The zero-order valence-electron chi connectivity index (χ0n) is 30.1. The van der Waals surface area contributed by atoms with E-state index < -0.39 is 21.5 Å². The lowest BCUT2D eigenvalue weighted by atomic mass is 9.81. The molecule has 3 heterocycles. The molecule has 51 heavy (non-hydrogen) atoms. The summed E-state index contributed by atoms with van der Waals surface area (Å²) in [6.07, 6.45) is 7.89. The third-order valence-corrected chi connectivity index (χ3v) is 12.8. The van der Waals surface area contributed by atoms with Crippen molar-refractivity contribution in [2.45, 2.75) is 83.6 Å². The molecule has 2 saturated carbocycles. The van der Waals surface area contributed by atoms with Gasteiger partial charge in [-0.15, -0.1) is 10.2 Å². The summed E-state index contributed by atoms with van der Waals surface area (Å²) in [5.74, 6) is 2.01. The fraction of sp³-hybridized carbons (Fsp3) is 0.526. The lowest BCUT2D eigenvalue weighted by Gasteiger charge is -2.34. The van der Waals surface area contributed by atoms with Crippen molar-refractivity contribution < 1.29 is 27.2 Å². The van der Waals surface area contributed by atoms with Crippen LogP contribution in [-0.4, -0.2) is 78.5 Å². The first-order valence-corrected chi connectivity index (χ1v) is 19.5. The number of aromatic nitrogens is 3. The minimum atomic E-state index is -4.00. The number of hydrogen-bond donors (Lipinski definition) is 1. The van der Waals surface area contributed by atoms with E-state index in [1.807, 2.05) is 23.1 Å². The highest BCUT2D eigenvalue weighted by atomic mass is 32.2. The highest BCUT2D eigenvalue weighted by Crippen LogP contribution is 2.57. The first-order chi connectivity index (χ1) is 24.4. The molecule has 1 saturated heterocycles. The number of methoxy groups -OCH3 is 1. The number of aryl methyl sites for hydroxylation is 1. The largest absolute Gasteiger partial charge is 0.497 e. The highest BCUT2D eigenvalue weighted by molar-refractivity contribution is 7.87. The summed E-state index contributed by atoms with van der Waals surface area (Å²) in [6, 6.07) is 13.6. The lowest BCUT2D eigenvalue weighted by Crippen LogP contribution is -2.44. The number of piperidine rings is 1. The van der Waals surface area contributed by atoms with Crippen LogP contribution in [-0.2, 0) is 21.5 Å². The molecule has 2 aromatic carbocycles. The number of rotatable bonds is 10. The Bertz CT molecular complexity index is 2040. The Kier molecular flexibility index (Phi) is 9.47. The van der Waals surface area contributed by atoms with Crippen molar-refractivity contribution in [3.8, 4) is 17.0 Å². The third kappa shape index (κ3) is 6.66. The van der Waals surface area contributed by atoms with E-state index in [4.69, 9.17) is 9.15 Å². The molecule has 0 bridgehead atoms. The van der Waals surface area contributed by atoms with Gasteiger partial charge < -0.3 is 18.6 Å². The van der Waals surface area contributed by atoms with Crippen LogP contribution in [0.4, 0.5) is 0 Å². The second-order valence-corrected chi connectivity index (χ2v) is 16.7. The Hall–Kier alpha value is -4.23. The van der Waals surface area contributed by atoms with E-state index in [1.165, 1.54) is 26.1 Å². The van der Waals surface area contributed by atoms with Gasteiger partial charge in [0.15, 0.2) is 0 Å². The molecule has 13 heteroatoms. The second-order valence-electron chi connectivity index (χ2n) is 14.8. The van der Waals surface area contributed by atoms with E-state index in [-0.39, 0.29) is 23.3 Å². The lowest BCUT2D eigenvalue weighted by molar-refractivity contribution is -0.139. The molecule has 2 atom stereocenters. The van der Waals surface area contributed by atoms with Crippen LogP contribution in [0.2, 0.25) is 0 Å². The SMILES string of the molecule is COc1ccc(-c2c(C3CCCCC3)c3ccc(C(=O)NS(=O)(=O)N(C)C)cc3n2CC2(C(=O)N3CCC(c4nnc(C)o4)CC3)CC2C)cc1. The van der Waals surface area contributed by atoms with Crippen molar-refractivity contribution in [1.82, 2.24) is 28.7 Å². The van der Waals surface area contributed by atoms with Gasteiger partial charge in [0.2, 0.25) is 17.7 Å². The number of carbonyl (C=O) groups is 2. The van der Waals surface area contributed by atoms with Gasteiger partial charge >= 0.3 is 10.2 Å². The molecule has 2 amide bonds. The number of ether oxygens (including phenoxy) is 1. The van der Waals surface area contributed by atoms with E-state index in [0.29, 0.717) is 37.3 Å². The van der Waals surface area contributed by atoms with E-state index in [2.05, 4.69) is 38.5 Å². The van der Waals surface area contributed by atoms with Gasteiger partial charge in [-0.05, 0) is 91.5 Å². The summed E-state index contributed by atoms with van der Waals surface area (Å²) < 4.78 is 41.9. The summed E-state index contributed by atoms with van der Waals surface area (Å²) in [6.45, 7) is 5.63. The molecule has 2 aliphatic carbocycles. The van der Waals surface area contributed by atoms with Gasteiger partial charge in [0.25, 0.3) is 5.91 Å². The predicted octanol–water partition coefficient (Wildman–Crippen LogP) is 6.02. The fourth-order valence-corrected chi connectivity index (χ4v) is 8.83. The predicted molar refractivity (Wildman–Crippen MR) is 194 cm³/mol. The number of likely N-dealkylation sites (tertiary alicyclic amines) is 1. The summed E-state index contributed by atoms with van der Waals surface area (Å²) in [5, 5.41) is 9.28. The zero-order chi connectivity index (χ0) is 36.1. The topological polar surface area (TPSA) is 140 Å². The molecular formula is C38H48N6O6S. The Morgan fingerprint density at radius 3 is 2.27 bits per heavy atom. The Morgan fingerprint density at radius 1 is 1.00 bits per heavy atom. The normalized spacial score (nSPS) is 21.7. The Labute approximate surface area is 299 Å². The third-order valence-electron chi connectivity index (χ3n) is 11.4. The number of fused-ring (bicyclic) bond motifs is 1. The van der Waals surface area contributed by atoms with E-state index in [9.17, 15) is 18.0 Å². The molecule has 4 aromatic rings. The Balaban J connectivity index is 1.32. The Morgan fingerprint density at radius 2 is 1.69 bits per heavy atom. The average molecular weight is 717 g/mol. The molecule has 2 aromatic heterocycles. The molecule has 1 N–H and O–H groups in total. The van der Waals surface area contributed by atoms with Crippen LogP contribution in [0.5, 0.6) is 5.75 Å². The maximum Gasteiger partial charge on any atom is 0.303 e. The van der Waals surface area contributed by atoms with Crippen LogP contribution in [0.3, 0.4) is 0 Å². The monoisotopic (exact) mass is 716 g/mol. The van der Waals surface area contributed by atoms with Crippen LogP contribution in [0.15, 0.2) is 46.9 Å². The van der Waals surface area contributed by atoms with Gasteiger partial charge in [0, 0.05) is 63.0 Å². The zero-order valence-corrected chi connectivity index (χ0v) is 31.0. The van der Waals surface area contributed by atoms with Crippen LogP contribution in [0.1, 0.15) is 97.8 Å². The van der Waals surface area contributed by atoms with Crippen molar-refractivity contribution >= 4 is 32.9 Å². The maximum absolute atomic E-state index is 14.6. The summed E-state index contributed by atoms with van der Waals surface area (Å²) >= 11 is 0. The number of benzene rings is 2. The van der Waals surface area contributed by atoms with Crippen molar-refractivity contribution in [3.05, 3.63) is 65.4 Å². The summed E-state index contributed by atoms with van der Waals surface area (Å²) in [5.41, 5.74) is 3.75. The smallest absolute Gasteiger partial charge is 0.303 e. The highest BCUT2D eigenvalue weighted by Gasteiger charge is 2.59. The van der Waals surface area contributed by atoms with Gasteiger partial charge in [-0.3, -0.25) is 9.59 Å². The van der Waals surface area contributed by atoms with E-state index in [0.717, 1.165) is 77.2 Å². The summed E-state index contributed by atoms with van der Waals surface area (Å²) in [7, 11) is 0.410. The molecule has 3 fully saturated rings. The minimum Gasteiger partial charge on any atom is -0.497 e. The molecule has 0 spiro atoms. The van der Waals surface area contributed by atoms with Gasteiger partial charge in [0.05, 0.1) is 18.2 Å². The van der Waals surface area contributed by atoms with Crippen molar-refractivity contribution in [2.75, 3.05) is 34.3 Å². The van der Waals surface area contributed by atoms with Crippen molar-refractivity contribution in [1.29, 1.82) is 0 Å². The summed E-state index contributed by atoms with van der Waals surface area (Å²) in [4.78, 5) is 30.1. The van der Waals surface area contributed by atoms with Crippen LogP contribution < -0.4 is 9.46 Å². The number of hydrogen-bond acceptors (Lipinski definition) is 8. The van der Waals surface area contributed by atoms with Crippen LogP contribution >= 0.6 is 0 Å². The molecule has 0 radical (unpaired) electrons. The van der Waals surface area contributed by atoms with Gasteiger partial charge in [-0.1, -0.05) is 32.3 Å². The standard InChI is InChI=1S/C38H48N6O6S/c1-24-22-38(24,37(46)43-19-17-28(18-20-43)36-40-39-25(2)50-36)23-44-32-21-29(35(45)41-51(47,48)42(3)4)13-16-31(32)33(26-9-7-6-8-10-26)34(44)27-11-14-30(49-5)15-12-27/h11-16,21,24,26,28H,6-10,17-20,22-23H2,1-5H3,(H,41,45). The van der Waals surface area contributed by atoms with Gasteiger partial charge in [0.1, 0.15) is 5.75 Å². The molecule has 12 nitrogen and oxygen atoms in total. The number of amides is 2. The first-order valence-electron chi connectivity index (χ1n) is 18.1. The molecule has 7 rings (SSSR count). The van der Waals surface area contributed by atoms with E-state index >= 15 is 0 Å². The van der Waals surface area contributed by atoms with Crippen molar-refractivity contribution in [2.24, 2.45) is 11.3 Å². The molecular weight excluding hydrogens is 669 g/mol. The average Bonchev–Trinajstić information content (AvgIpc) is 3.42. The number of nitrogens with one attached hydrogen (secondary N) is 1. The second kappa shape index (κ2) is 13.7. The van der Waals surface area contributed by atoms with Gasteiger partial charge in [-0.25, -0.2) is 4.72 Å². The van der Waals surface area contributed by atoms with Crippen LogP contribution in [0.25, 0.3) is 22.2 Å². The maximum atomic E-state index is 14.6. The first kappa shape index (κ1) is 35.2. The van der Waals surface area contributed by atoms with Crippen LogP contribution in [0, 0.1) is 18.3 Å². The molecule has 3 aliphatic rings. The van der Waals surface area contributed by atoms with Crippen molar-refractivity contribution in [3.63, 3.8) is 0 Å². The molecule has 1 aliphatic heterocycles. The van der Waals surface area contributed by atoms with Gasteiger partial charge in [-0.2, -0.15) is 12.7 Å². The number of nitrogens with zero attached hydrogens (tertiary/aromatic N) is 5. The fourth-order valence-electron chi connectivity index (χ4n) is 8.29. The minimum absolute atomic E-state index is 0.136. The quantitative estimate of drug-likeness (QED) is 0.210. The molecule has 272 valence electrons. The molecule has 2 unspecified atom stereocenters. The number of carbonyl (C=O) groups excluding carboxylic acids is 2.